The van der Waals surface area contributed by atoms with Crippen LogP contribution in [-0.2, 0) is 19.1 Å². The summed E-state index contributed by atoms with van der Waals surface area (Å²) in [5, 5.41) is 22.6. The Morgan fingerprint density at radius 2 is 1.87 bits per heavy atom. The summed E-state index contributed by atoms with van der Waals surface area (Å²) in [4.78, 5) is 42.1. The van der Waals surface area contributed by atoms with E-state index in [9.17, 15) is 24.6 Å². The highest BCUT2D eigenvalue weighted by Gasteiger charge is 2.81. The van der Waals surface area contributed by atoms with Crippen LogP contribution in [0.5, 0.6) is 0 Å². The van der Waals surface area contributed by atoms with E-state index >= 15 is 0 Å². The minimum Gasteiger partial charge on any atom is -0.465 e. The van der Waals surface area contributed by atoms with Crippen LogP contribution in [-0.4, -0.2) is 71.1 Å². The number of esters is 1. The predicted molar refractivity (Wildman–Crippen MR) is 148 cm³/mol. The van der Waals surface area contributed by atoms with Crippen LogP contribution in [0.2, 0.25) is 0 Å². The van der Waals surface area contributed by atoms with Gasteiger partial charge in [0.05, 0.1) is 18.1 Å². The number of hydrogen-bond donors (Lipinski definition) is 2. The highest BCUT2D eigenvalue weighted by Crippen LogP contribution is 2.81. The molecule has 1 unspecified atom stereocenters. The maximum atomic E-state index is 14.1. The van der Waals surface area contributed by atoms with E-state index in [0.717, 1.165) is 31.3 Å². The molecule has 2 N–H and O–H groups in total. The lowest BCUT2D eigenvalue weighted by Gasteiger charge is -2.69. The Kier molecular flexibility index (Phi) is 6.88. The van der Waals surface area contributed by atoms with E-state index < -0.39 is 40.4 Å². The molecule has 1 heterocycles. The molecular weight excluding hydrogens is 494 g/mol. The monoisotopic (exact) mass is 541 g/mol. The average Bonchev–Trinajstić information content (AvgIpc) is 3.31. The number of carbonyl (C=O) groups excluding carboxylic acids is 3. The number of ether oxygens (including phenoxy) is 1. The fourth-order valence-electron chi connectivity index (χ4n) is 10.6. The third kappa shape index (κ3) is 3.36. The van der Waals surface area contributed by atoms with E-state index in [1.807, 2.05) is 13.0 Å². The number of hydrogen-bond acceptors (Lipinski definition) is 7. The molecule has 0 aromatic rings. The Bertz CT molecular complexity index is 1130. The van der Waals surface area contributed by atoms with Gasteiger partial charge in [-0.1, -0.05) is 52.7 Å². The number of Topliss-reactive ketones (excluding diaryl/α,β-unsaturated/α-hetero) is 1. The first-order valence-electron chi connectivity index (χ1n) is 15.0. The van der Waals surface area contributed by atoms with E-state index in [1.165, 1.54) is 0 Å². The van der Waals surface area contributed by atoms with Gasteiger partial charge in [-0.3, -0.25) is 19.3 Å². The quantitative estimate of drug-likeness (QED) is 0.472. The van der Waals surface area contributed by atoms with Gasteiger partial charge in [0.2, 0.25) is 0 Å². The van der Waals surface area contributed by atoms with Crippen molar-refractivity contribution < 1.29 is 29.3 Å². The SMILES string of the molecule is CCCCN1C[C@]2(C(=O)CO)[C@@H](C[C@@]3(C)[C@@H]4CCC5=CC(=O)C=C[C@]5(C)[C@@]4(C)[C@@H](O)C[C@@]32C)C1C(=O)OCC. The number of allylic oxidation sites excluding steroid dienone is 4. The van der Waals surface area contributed by atoms with Crippen molar-refractivity contribution in [2.45, 2.75) is 92.2 Å². The maximum Gasteiger partial charge on any atom is 0.323 e. The summed E-state index contributed by atoms with van der Waals surface area (Å²) < 4.78 is 5.61. The van der Waals surface area contributed by atoms with Gasteiger partial charge in [-0.15, -0.1) is 0 Å². The molecule has 5 rings (SSSR count). The smallest absolute Gasteiger partial charge is 0.323 e. The summed E-state index contributed by atoms with van der Waals surface area (Å²) in [5.74, 6) is -0.743. The summed E-state index contributed by atoms with van der Waals surface area (Å²) in [5.41, 5.74) is -1.92. The molecule has 0 spiro atoms. The van der Waals surface area contributed by atoms with Gasteiger partial charge >= 0.3 is 5.97 Å². The number of likely N-dealkylation sites (tertiary alicyclic amines) is 1. The molecule has 1 saturated heterocycles. The van der Waals surface area contributed by atoms with E-state index in [4.69, 9.17) is 4.74 Å². The Balaban J connectivity index is 1.67. The van der Waals surface area contributed by atoms with Crippen molar-refractivity contribution in [1.82, 2.24) is 4.90 Å². The van der Waals surface area contributed by atoms with Crippen molar-refractivity contribution in [2.24, 2.45) is 38.9 Å². The molecule has 0 amide bonds. The van der Waals surface area contributed by atoms with Crippen molar-refractivity contribution >= 4 is 17.5 Å². The van der Waals surface area contributed by atoms with Crippen LogP contribution in [0.3, 0.4) is 0 Å². The van der Waals surface area contributed by atoms with Crippen LogP contribution in [0.1, 0.15) is 80.1 Å². The largest absolute Gasteiger partial charge is 0.465 e. The summed E-state index contributed by atoms with van der Waals surface area (Å²) in [6, 6.07) is -0.545. The lowest BCUT2D eigenvalue weighted by molar-refractivity contribution is -0.225. The van der Waals surface area contributed by atoms with E-state index in [2.05, 4.69) is 39.5 Å². The molecule has 0 radical (unpaired) electrons. The van der Waals surface area contributed by atoms with Crippen molar-refractivity contribution in [3.8, 4) is 0 Å². The summed E-state index contributed by atoms with van der Waals surface area (Å²) in [6.45, 7) is 13.5. The number of nitrogens with zero attached hydrogens (tertiary/aromatic N) is 1. The maximum absolute atomic E-state index is 14.1. The molecule has 4 aliphatic carbocycles. The van der Waals surface area contributed by atoms with Gasteiger partial charge < -0.3 is 14.9 Å². The van der Waals surface area contributed by atoms with Gasteiger partial charge in [0.1, 0.15) is 12.6 Å². The molecule has 5 aliphatic rings. The fourth-order valence-corrected chi connectivity index (χ4v) is 10.6. The van der Waals surface area contributed by atoms with Crippen molar-refractivity contribution in [3.05, 3.63) is 23.8 Å². The molecule has 216 valence electrons. The molecular formula is C32H47NO6. The zero-order valence-electron chi connectivity index (χ0n) is 24.6. The van der Waals surface area contributed by atoms with Crippen LogP contribution in [0.15, 0.2) is 23.8 Å². The Morgan fingerprint density at radius 3 is 2.51 bits per heavy atom. The van der Waals surface area contributed by atoms with Gasteiger partial charge in [-0.25, -0.2) is 0 Å². The first-order valence-corrected chi connectivity index (χ1v) is 15.0. The Morgan fingerprint density at radius 1 is 1.15 bits per heavy atom. The standard InChI is InChI=1S/C32H47NO6/c1-7-9-14-33-19-32(25(37)18-34)22(26(33)27(38)39-8-2)16-29(4)23-11-10-20-15-21(35)12-13-28(20,3)31(23,6)24(36)17-30(29,32)5/h12-13,15,22-24,26,34,36H,7-11,14,16-19H2,1-6H3/t22-,23-,24-,26?,28-,29-,30-,31+,32+/m0/s1. The van der Waals surface area contributed by atoms with Crippen LogP contribution < -0.4 is 0 Å². The van der Waals surface area contributed by atoms with Gasteiger partial charge in [-0.05, 0) is 74.5 Å². The molecule has 1 aliphatic heterocycles. The van der Waals surface area contributed by atoms with Gasteiger partial charge in [0.15, 0.2) is 11.6 Å². The molecule has 7 heteroatoms. The summed E-state index contributed by atoms with van der Waals surface area (Å²) >= 11 is 0. The fraction of sp³-hybridized carbons (Fsp3) is 0.781. The number of fused-ring (bicyclic) bond motifs is 7. The predicted octanol–water partition coefficient (Wildman–Crippen LogP) is 3.87. The Hall–Kier alpha value is -1.83. The number of aliphatic hydroxyl groups excluding tert-OH is 2. The Labute approximate surface area is 233 Å². The lowest BCUT2D eigenvalue weighted by atomic mass is 9.35. The molecule has 0 bridgehead atoms. The third-order valence-electron chi connectivity index (χ3n) is 12.9. The molecule has 39 heavy (non-hydrogen) atoms. The molecule has 4 fully saturated rings. The zero-order chi connectivity index (χ0) is 28.6. The molecule has 9 atom stereocenters. The van der Waals surface area contributed by atoms with E-state index in [1.54, 1.807) is 12.2 Å². The van der Waals surface area contributed by atoms with Crippen LogP contribution in [0, 0.1) is 38.9 Å². The topological polar surface area (TPSA) is 104 Å². The second-order valence-corrected chi connectivity index (χ2v) is 13.8. The van der Waals surface area contributed by atoms with Crippen molar-refractivity contribution in [1.29, 1.82) is 0 Å². The average molecular weight is 542 g/mol. The molecule has 0 aromatic carbocycles. The number of carbonyl (C=O) groups is 3. The second-order valence-electron chi connectivity index (χ2n) is 13.8. The van der Waals surface area contributed by atoms with Crippen LogP contribution >= 0.6 is 0 Å². The summed E-state index contributed by atoms with van der Waals surface area (Å²) in [6.07, 6.45) is 9.19. The van der Waals surface area contributed by atoms with Crippen LogP contribution in [0.4, 0.5) is 0 Å². The highest BCUT2D eigenvalue weighted by atomic mass is 16.5. The molecule has 3 saturated carbocycles. The number of unbranched alkanes of at least 4 members (excludes halogenated alkanes) is 1. The van der Waals surface area contributed by atoms with Gasteiger partial charge in [0, 0.05) is 23.3 Å². The number of aliphatic hydroxyl groups is 2. The number of rotatable bonds is 7. The first-order chi connectivity index (χ1) is 18.3. The van der Waals surface area contributed by atoms with E-state index in [-0.39, 0.29) is 41.4 Å². The number of ketones is 2. The normalized spacial score (nSPS) is 46.7. The van der Waals surface area contributed by atoms with Crippen molar-refractivity contribution in [2.75, 3.05) is 26.3 Å². The second kappa shape index (κ2) is 9.35. The van der Waals surface area contributed by atoms with Gasteiger partial charge in [-0.2, -0.15) is 0 Å². The zero-order valence-corrected chi connectivity index (χ0v) is 24.6. The van der Waals surface area contributed by atoms with Crippen LogP contribution in [0.25, 0.3) is 0 Å². The lowest BCUT2D eigenvalue weighted by Crippen LogP contribution is -2.68. The van der Waals surface area contributed by atoms with E-state index in [0.29, 0.717) is 25.9 Å². The van der Waals surface area contributed by atoms with Crippen molar-refractivity contribution in [3.63, 3.8) is 0 Å². The first kappa shape index (κ1) is 28.7. The minimum atomic E-state index is -0.959. The summed E-state index contributed by atoms with van der Waals surface area (Å²) in [7, 11) is 0. The molecule has 7 nitrogen and oxygen atoms in total. The minimum absolute atomic E-state index is 0.00165. The third-order valence-corrected chi connectivity index (χ3v) is 12.9. The highest BCUT2D eigenvalue weighted by molar-refractivity contribution is 6.01. The molecule has 0 aromatic heterocycles. The van der Waals surface area contributed by atoms with Gasteiger partial charge in [0.25, 0.3) is 0 Å².